The maximum Gasteiger partial charge on any atom is 0.322 e. The molecule has 0 aliphatic carbocycles. The van der Waals surface area contributed by atoms with Crippen LogP contribution in [0.4, 0.5) is 0 Å². The number of sulfonamides is 1. The highest BCUT2D eigenvalue weighted by Gasteiger charge is 2.35. The highest BCUT2D eigenvalue weighted by molar-refractivity contribution is 7.89. The summed E-state index contributed by atoms with van der Waals surface area (Å²) in [4.78, 5) is 35.5. The molecule has 8 nitrogen and oxygen atoms in total. The van der Waals surface area contributed by atoms with Crippen molar-refractivity contribution < 1.29 is 27.9 Å². The molecule has 2 N–H and O–H groups in total. The minimum absolute atomic E-state index is 0.0169. The Hall–Kier alpha value is -2.26. The third kappa shape index (κ3) is 2.97. The van der Waals surface area contributed by atoms with Gasteiger partial charge in [0.2, 0.25) is 10.0 Å². The van der Waals surface area contributed by atoms with E-state index < -0.39 is 39.8 Å². The van der Waals surface area contributed by atoms with Crippen molar-refractivity contribution in [3.05, 3.63) is 29.3 Å². The molecule has 0 fully saturated rings. The average molecular weight is 340 g/mol. The molecule has 0 saturated carbocycles. The number of carboxylic acids is 1. The van der Waals surface area contributed by atoms with Crippen molar-refractivity contribution in [2.24, 2.45) is 5.92 Å². The molecule has 2 rings (SSSR count). The van der Waals surface area contributed by atoms with Crippen LogP contribution in [0.3, 0.4) is 0 Å². The van der Waals surface area contributed by atoms with Crippen molar-refractivity contribution >= 4 is 27.8 Å². The number of carbonyl (C=O) groups excluding carboxylic acids is 2. The van der Waals surface area contributed by atoms with Crippen molar-refractivity contribution in [2.75, 3.05) is 7.05 Å². The molecule has 0 bridgehead atoms. The first kappa shape index (κ1) is 17.1. The van der Waals surface area contributed by atoms with E-state index in [2.05, 4.69) is 4.72 Å². The summed E-state index contributed by atoms with van der Waals surface area (Å²) in [7, 11) is -2.84. The normalized spacial score (nSPS) is 15.9. The molecule has 1 aliphatic heterocycles. The predicted molar refractivity (Wildman–Crippen MR) is 79.4 cm³/mol. The van der Waals surface area contributed by atoms with Crippen molar-refractivity contribution in [1.29, 1.82) is 0 Å². The summed E-state index contributed by atoms with van der Waals surface area (Å²) in [6, 6.07) is 2.21. The second-order valence-corrected chi connectivity index (χ2v) is 7.27. The number of carboxylic acid groups (broad SMARTS) is 1. The summed E-state index contributed by atoms with van der Waals surface area (Å²) in [5, 5.41) is 9.09. The van der Waals surface area contributed by atoms with Crippen molar-refractivity contribution in [1.82, 2.24) is 9.62 Å². The van der Waals surface area contributed by atoms with Gasteiger partial charge in [0.05, 0.1) is 16.0 Å². The number of benzene rings is 1. The molecule has 1 heterocycles. The van der Waals surface area contributed by atoms with E-state index in [9.17, 15) is 22.8 Å². The molecule has 0 spiro atoms. The van der Waals surface area contributed by atoms with E-state index in [0.717, 1.165) is 11.0 Å². The lowest BCUT2D eigenvalue weighted by molar-refractivity contribution is -0.140. The van der Waals surface area contributed by atoms with Crippen LogP contribution in [0.15, 0.2) is 23.1 Å². The molecule has 9 heteroatoms. The maximum atomic E-state index is 12.3. The number of imide groups is 1. The fraction of sp³-hybridized carbons (Fsp3) is 0.357. The highest BCUT2D eigenvalue weighted by Crippen LogP contribution is 2.24. The molecule has 0 saturated heterocycles. The Balaban J connectivity index is 2.42. The number of aliphatic carboxylic acids is 1. The fourth-order valence-corrected chi connectivity index (χ4v) is 3.58. The van der Waals surface area contributed by atoms with E-state index in [1.807, 2.05) is 0 Å². The molecule has 2 amide bonds. The lowest BCUT2D eigenvalue weighted by Gasteiger charge is -2.18. The van der Waals surface area contributed by atoms with Crippen LogP contribution >= 0.6 is 0 Å². The molecule has 1 unspecified atom stereocenters. The van der Waals surface area contributed by atoms with E-state index in [1.165, 1.54) is 19.2 Å². The second kappa shape index (κ2) is 5.74. The van der Waals surface area contributed by atoms with Gasteiger partial charge in [-0.2, -0.15) is 4.72 Å². The summed E-state index contributed by atoms with van der Waals surface area (Å²) in [5.41, 5.74) is 0.104. The molecule has 1 atom stereocenters. The van der Waals surface area contributed by atoms with Crippen LogP contribution in [-0.4, -0.2) is 49.3 Å². The topological polar surface area (TPSA) is 121 Å². The van der Waals surface area contributed by atoms with Gasteiger partial charge in [0.15, 0.2) is 0 Å². The van der Waals surface area contributed by atoms with Gasteiger partial charge in [-0.25, -0.2) is 8.42 Å². The molecule has 0 radical (unpaired) electrons. The number of amides is 2. The van der Waals surface area contributed by atoms with Gasteiger partial charge < -0.3 is 5.11 Å². The first-order chi connectivity index (χ1) is 10.6. The molecule has 1 aliphatic rings. The Morgan fingerprint density at radius 2 is 1.74 bits per heavy atom. The fourth-order valence-electron chi connectivity index (χ4n) is 2.21. The second-order valence-electron chi connectivity index (χ2n) is 5.56. The van der Waals surface area contributed by atoms with Gasteiger partial charge in [-0.15, -0.1) is 0 Å². The highest BCUT2D eigenvalue weighted by atomic mass is 32.2. The van der Waals surface area contributed by atoms with Gasteiger partial charge in [0.25, 0.3) is 11.8 Å². The van der Waals surface area contributed by atoms with Crippen LogP contribution in [0.2, 0.25) is 0 Å². The van der Waals surface area contributed by atoms with E-state index in [4.69, 9.17) is 5.11 Å². The van der Waals surface area contributed by atoms with Crippen LogP contribution in [0, 0.1) is 5.92 Å². The summed E-state index contributed by atoms with van der Waals surface area (Å²) in [5.74, 6) is -2.87. The Labute approximate surface area is 133 Å². The van der Waals surface area contributed by atoms with Crippen LogP contribution in [-0.2, 0) is 14.8 Å². The molecule has 23 heavy (non-hydrogen) atoms. The average Bonchev–Trinajstić information content (AvgIpc) is 2.69. The van der Waals surface area contributed by atoms with Gasteiger partial charge in [-0.1, -0.05) is 13.8 Å². The summed E-state index contributed by atoms with van der Waals surface area (Å²) >= 11 is 0. The Morgan fingerprint density at radius 1 is 1.17 bits per heavy atom. The molecule has 0 aromatic heterocycles. The first-order valence-electron chi connectivity index (χ1n) is 6.78. The Kier molecular flexibility index (Phi) is 4.27. The number of rotatable bonds is 5. The minimum atomic E-state index is -4.14. The van der Waals surface area contributed by atoms with E-state index >= 15 is 0 Å². The van der Waals surface area contributed by atoms with E-state index in [-0.39, 0.29) is 16.0 Å². The monoisotopic (exact) mass is 340 g/mol. The molecule has 1 aromatic rings. The smallest absolute Gasteiger partial charge is 0.322 e. The number of hydrogen-bond acceptors (Lipinski definition) is 5. The Morgan fingerprint density at radius 3 is 2.26 bits per heavy atom. The van der Waals surface area contributed by atoms with Crippen LogP contribution in [0.5, 0.6) is 0 Å². The van der Waals surface area contributed by atoms with Gasteiger partial charge in [-0.05, 0) is 24.1 Å². The number of hydrogen-bond donors (Lipinski definition) is 2. The molecule has 1 aromatic carbocycles. The first-order valence-corrected chi connectivity index (χ1v) is 8.26. The molecule has 124 valence electrons. The summed E-state index contributed by atoms with van der Waals surface area (Å²) < 4.78 is 26.8. The van der Waals surface area contributed by atoms with Crippen LogP contribution < -0.4 is 4.72 Å². The minimum Gasteiger partial charge on any atom is -0.480 e. The lowest BCUT2D eigenvalue weighted by Crippen LogP contribution is -2.44. The number of carbonyl (C=O) groups is 3. The van der Waals surface area contributed by atoms with Gasteiger partial charge >= 0.3 is 5.97 Å². The van der Waals surface area contributed by atoms with Gasteiger partial charge in [-0.3, -0.25) is 19.3 Å². The zero-order valence-corrected chi connectivity index (χ0v) is 13.5. The third-order valence-electron chi connectivity index (χ3n) is 3.59. The maximum absolute atomic E-state index is 12.3. The van der Waals surface area contributed by atoms with Crippen molar-refractivity contribution in [2.45, 2.75) is 24.8 Å². The van der Waals surface area contributed by atoms with Crippen LogP contribution in [0.25, 0.3) is 0 Å². The van der Waals surface area contributed by atoms with E-state index in [1.54, 1.807) is 13.8 Å². The van der Waals surface area contributed by atoms with Crippen LogP contribution in [0.1, 0.15) is 34.6 Å². The SMILES string of the molecule is CC(C)C(NS(=O)(=O)c1ccc2c(c1)C(=O)N(C)C2=O)C(=O)O. The van der Waals surface area contributed by atoms with E-state index in [0.29, 0.717) is 0 Å². The third-order valence-corrected chi connectivity index (χ3v) is 5.03. The lowest BCUT2D eigenvalue weighted by atomic mass is 10.1. The zero-order chi connectivity index (χ0) is 17.5. The van der Waals surface area contributed by atoms with Gasteiger partial charge in [0.1, 0.15) is 6.04 Å². The van der Waals surface area contributed by atoms with Crippen molar-refractivity contribution in [3.8, 4) is 0 Å². The number of nitrogens with zero attached hydrogens (tertiary/aromatic N) is 1. The quantitative estimate of drug-likeness (QED) is 0.744. The largest absolute Gasteiger partial charge is 0.480 e. The standard InChI is InChI=1S/C14H16N2O6S/c1-7(2)11(14(19)20)15-23(21,22)8-4-5-9-10(6-8)13(18)16(3)12(9)17/h4-7,11,15H,1-3H3,(H,19,20). The molecular weight excluding hydrogens is 324 g/mol. The molecular formula is C14H16N2O6S. The summed E-state index contributed by atoms with van der Waals surface area (Å²) in [6.45, 7) is 3.14. The predicted octanol–water partition coefficient (Wildman–Crippen LogP) is 0.300. The number of fused-ring (bicyclic) bond motifs is 1. The van der Waals surface area contributed by atoms with Crippen molar-refractivity contribution in [3.63, 3.8) is 0 Å². The van der Waals surface area contributed by atoms with Gasteiger partial charge in [0, 0.05) is 7.05 Å². The number of nitrogens with one attached hydrogen (secondary N) is 1. The Bertz CT molecular complexity index is 799. The zero-order valence-electron chi connectivity index (χ0n) is 12.7. The summed E-state index contributed by atoms with van der Waals surface area (Å²) in [6.07, 6.45) is 0.